The fourth-order valence-corrected chi connectivity index (χ4v) is 2.32. The van der Waals surface area contributed by atoms with E-state index in [0.29, 0.717) is 0 Å². The first kappa shape index (κ1) is 14.0. The third-order valence-electron chi connectivity index (χ3n) is 2.82. The summed E-state index contributed by atoms with van der Waals surface area (Å²) in [6.45, 7) is 5.06. The Balaban J connectivity index is 2.79. The molecule has 0 aliphatic carbocycles. The second-order valence-electron chi connectivity index (χ2n) is 4.99. The molecule has 1 unspecified atom stereocenters. The van der Waals surface area contributed by atoms with Crippen molar-refractivity contribution in [1.29, 1.82) is 0 Å². The Labute approximate surface area is 105 Å². The SMILES string of the molecule is COc1c(C)cc(CC(N)CN(C)C)cc1C. The lowest BCUT2D eigenvalue weighted by Gasteiger charge is -2.18. The Bertz CT molecular complexity index is 351. The van der Waals surface area contributed by atoms with E-state index in [1.165, 1.54) is 16.7 Å². The van der Waals surface area contributed by atoms with Crippen LogP contribution in [-0.2, 0) is 6.42 Å². The zero-order valence-corrected chi connectivity index (χ0v) is 11.6. The molecule has 0 radical (unpaired) electrons. The molecule has 0 fully saturated rings. The fourth-order valence-electron chi connectivity index (χ4n) is 2.32. The number of nitrogens with two attached hydrogens (primary N) is 1. The zero-order valence-electron chi connectivity index (χ0n) is 11.6. The number of aryl methyl sites for hydroxylation is 2. The Kier molecular flexibility index (Phi) is 4.97. The van der Waals surface area contributed by atoms with Gasteiger partial charge in [-0.25, -0.2) is 0 Å². The van der Waals surface area contributed by atoms with Crippen LogP contribution in [0.3, 0.4) is 0 Å². The molecule has 0 saturated carbocycles. The van der Waals surface area contributed by atoms with Gasteiger partial charge in [-0.3, -0.25) is 0 Å². The van der Waals surface area contributed by atoms with E-state index < -0.39 is 0 Å². The summed E-state index contributed by atoms with van der Waals surface area (Å²) in [6, 6.07) is 4.51. The smallest absolute Gasteiger partial charge is 0.124 e. The number of hydrogen-bond donors (Lipinski definition) is 1. The first-order chi connectivity index (χ1) is 7.93. The number of likely N-dealkylation sites (N-methyl/N-ethyl adjacent to an activating group) is 1. The minimum Gasteiger partial charge on any atom is -0.496 e. The Morgan fingerprint density at radius 2 is 1.76 bits per heavy atom. The molecule has 96 valence electrons. The van der Waals surface area contributed by atoms with Crippen LogP contribution in [-0.4, -0.2) is 38.7 Å². The van der Waals surface area contributed by atoms with Gasteiger partial charge in [0.05, 0.1) is 7.11 Å². The number of methoxy groups -OCH3 is 1. The zero-order chi connectivity index (χ0) is 13.0. The van der Waals surface area contributed by atoms with Crippen molar-refractivity contribution >= 4 is 0 Å². The molecule has 0 amide bonds. The standard InChI is InChI=1S/C14H24N2O/c1-10-6-12(7-11(2)14(10)17-5)8-13(15)9-16(3)4/h6-7,13H,8-9,15H2,1-5H3. The Morgan fingerprint density at radius 3 is 2.18 bits per heavy atom. The minimum absolute atomic E-state index is 0.178. The van der Waals surface area contributed by atoms with E-state index in [1.54, 1.807) is 7.11 Å². The van der Waals surface area contributed by atoms with Crippen molar-refractivity contribution in [3.8, 4) is 5.75 Å². The number of hydrogen-bond acceptors (Lipinski definition) is 3. The van der Waals surface area contributed by atoms with Crippen LogP contribution in [0.5, 0.6) is 5.75 Å². The molecule has 0 heterocycles. The highest BCUT2D eigenvalue weighted by Crippen LogP contribution is 2.24. The van der Waals surface area contributed by atoms with Gasteiger partial charge < -0.3 is 15.4 Å². The lowest BCUT2D eigenvalue weighted by Crippen LogP contribution is -2.34. The van der Waals surface area contributed by atoms with Gasteiger partial charge in [-0.1, -0.05) is 12.1 Å². The number of ether oxygens (including phenoxy) is 1. The van der Waals surface area contributed by atoms with Crippen molar-refractivity contribution in [1.82, 2.24) is 4.90 Å². The maximum atomic E-state index is 6.10. The van der Waals surface area contributed by atoms with Gasteiger partial charge in [0.2, 0.25) is 0 Å². The van der Waals surface area contributed by atoms with E-state index in [2.05, 4.69) is 30.9 Å². The largest absolute Gasteiger partial charge is 0.496 e. The molecule has 0 aromatic heterocycles. The van der Waals surface area contributed by atoms with Crippen LogP contribution in [0.15, 0.2) is 12.1 Å². The molecule has 0 bridgehead atoms. The molecule has 3 heteroatoms. The predicted octanol–water partition coefficient (Wildman–Crippen LogP) is 1.74. The van der Waals surface area contributed by atoms with E-state index in [4.69, 9.17) is 10.5 Å². The summed E-state index contributed by atoms with van der Waals surface area (Å²) in [6.07, 6.45) is 0.907. The van der Waals surface area contributed by atoms with E-state index >= 15 is 0 Å². The highest BCUT2D eigenvalue weighted by molar-refractivity contribution is 5.43. The lowest BCUT2D eigenvalue weighted by molar-refractivity contribution is 0.371. The van der Waals surface area contributed by atoms with Gasteiger partial charge in [0.1, 0.15) is 5.75 Å². The molecule has 0 aliphatic rings. The van der Waals surface area contributed by atoms with E-state index in [0.717, 1.165) is 18.7 Å². The lowest BCUT2D eigenvalue weighted by atomic mass is 10.0. The molecule has 3 nitrogen and oxygen atoms in total. The van der Waals surface area contributed by atoms with Gasteiger partial charge in [0.25, 0.3) is 0 Å². The first-order valence-electron chi connectivity index (χ1n) is 5.98. The van der Waals surface area contributed by atoms with Crippen LogP contribution in [0.2, 0.25) is 0 Å². The van der Waals surface area contributed by atoms with Crippen LogP contribution >= 0.6 is 0 Å². The summed E-state index contributed by atoms with van der Waals surface area (Å²) in [5.74, 6) is 0.981. The van der Waals surface area contributed by atoms with Crippen molar-refractivity contribution in [2.45, 2.75) is 26.3 Å². The van der Waals surface area contributed by atoms with Crippen molar-refractivity contribution < 1.29 is 4.74 Å². The summed E-state index contributed by atoms with van der Waals surface area (Å²) in [4.78, 5) is 2.12. The quantitative estimate of drug-likeness (QED) is 0.846. The summed E-state index contributed by atoms with van der Waals surface area (Å²) in [5.41, 5.74) is 9.75. The molecule has 0 saturated heterocycles. The van der Waals surface area contributed by atoms with Crippen molar-refractivity contribution in [3.63, 3.8) is 0 Å². The summed E-state index contributed by atoms with van der Waals surface area (Å²) in [7, 11) is 5.81. The van der Waals surface area contributed by atoms with Crippen molar-refractivity contribution in [3.05, 3.63) is 28.8 Å². The van der Waals surface area contributed by atoms with Crippen LogP contribution < -0.4 is 10.5 Å². The molecule has 1 aromatic rings. The highest BCUT2D eigenvalue weighted by atomic mass is 16.5. The van der Waals surface area contributed by atoms with Gasteiger partial charge in [-0.05, 0) is 51.1 Å². The topological polar surface area (TPSA) is 38.5 Å². The van der Waals surface area contributed by atoms with Gasteiger partial charge >= 0.3 is 0 Å². The second-order valence-corrected chi connectivity index (χ2v) is 4.99. The van der Waals surface area contributed by atoms with E-state index in [9.17, 15) is 0 Å². The van der Waals surface area contributed by atoms with Gasteiger partial charge in [-0.15, -0.1) is 0 Å². The van der Waals surface area contributed by atoms with Gasteiger partial charge in [-0.2, -0.15) is 0 Å². The number of benzene rings is 1. The fraction of sp³-hybridized carbons (Fsp3) is 0.571. The molecule has 17 heavy (non-hydrogen) atoms. The van der Waals surface area contributed by atoms with Gasteiger partial charge in [0, 0.05) is 12.6 Å². The maximum absolute atomic E-state index is 6.10. The summed E-state index contributed by atoms with van der Waals surface area (Å²) < 4.78 is 5.36. The van der Waals surface area contributed by atoms with Crippen LogP contribution in [0, 0.1) is 13.8 Å². The first-order valence-corrected chi connectivity index (χ1v) is 5.98. The molecule has 1 atom stereocenters. The summed E-state index contributed by atoms with van der Waals surface area (Å²) in [5, 5.41) is 0. The second kappa shape index (κ2) is 6.03. The van der Waals surface area contributed by atoms with Crippen LogP contribution in [0.4, 0.5) is 0 Å². The average Bonchev–Trinajstić information content (AvgIpc) is 2.15. The third kappa shape index (κ3) is 4.02. The number of nitrogens with zero attached hydrogens (tertiary/aromatic N) is 1. The normalized spacial score (nSPS) is 12.9. The molecule has 1 rings (SSSR count). The third-order valence-corrected chi connectivity index (χ3v) is 2.82. The summed E-state index contributed by atoms with van der Waals surface area (Å²) >= 11 is 0. The molecule has 0 spiro atoms. The monoisotopic (exact) mass is 236 g/mol. The highest BCUT2D eigenvalue weighted by Gasteiger charge is 2.09. The van der Waals surface area contributed by atoms with Crippen LogP contribution in [0.1, 0.15) is 16.7 Å². The molecule has 0 aliphatic heterocycles. The van der Waals surface area contributed by atoms with Gasteiger partial charge in [0.15, 0.2) is 0 Å². The molecular formula is C14H24N2O. The molecular weight excluding hydrogens is 212 g/mol. The van der Waals surface area contributed by atoms with E-state index in [1.807, 2.05) is 14.1 Å². The average molecular weight is 236 g/mol. The molecule has 2 N–H and O–H groups in total. The Morgan fingerprint density at radius 1 is 1.24 bits per heavy atom. The van der Waals surface area contributed by atoms with Crippen molar-refractivity contribution in [2.24, 2.45) is 5.73 Å². The number of rotatable bonds is 5. The van der Waals surface area contributed by atoms with Crippen LogP contribution in [0.25, 0.3) is 0 Å². The predicted molar refractivity (Wildman–Crippen MR) is 72.7 cm³/mol. The minimum atomic E-state index is 0.178. The van der Waals surface area contributed by atoms with E-state index in [-0.39, 0.29) is 6.04 Å². The van der Waals surface area contributed by atoms with Crippen molar-refractivity contribution in [2.75, 3.05) is 27.7 Å². The maximum Gasteiger partial charge on any atom is 0.124 e. The molecule has 1 aromatic carbocycles. The Hall–Kier alpha value is -1.06.